The van der Waals surface area contributed by atoms with Gasteiger partial charge in [0.15, 0.2) is 5.78 Å². The summed E-state index contributed by atoms with van der Waals surface area (Å²) in [6.45, 7) is 3.93. The number of rotatable bonds is 5. The minimum atomic E-state index is 0.193. The summed E-state index contributed by atoms with van der Waals surface area (Å²) in [5.41, 5.74) is 4.82. The molecular formula is C20H22ClNOS. The summed E-state index contributed by atoms with van der Waals surface area (Å²) in [5.74, 6) is 1.06. The Balaban J connectivity index is 1.76. The van der Waals surface area contributed by atoms with Gasteiger partial charge in [-0.2, -0.15) is 0 Å². The largest absolute Gasteiger partial charge is 0.316 e. The van der Waals surface area contributed by atoms with Crippen molar-refractivity contribution in [2.24, 2.45) is 0 Å². The van der Waals surface area contributed by atoms with Crippen molar-refractivity contribution in [2.45, 2.75) is 36.8 Å². The molecule has 3 rings (SSSR count). The second kappa shape index (κ2) is 8.19. The van der Waals surface area contributed by atoms with E-state index in [1.807, 2.05) is 37.3 Å². The summed E-state index contributed by atoms with van der Waals surface area (Å²) >= 11 is 8.28. The minimum Gasteiger partial charge on any atom is -0.316 e. The summed E-state index contributed by atoms with van der Waals surface area (Å²) < 4.78 is 0. The van der Waals surface area contributed by atoms with Crippen LogP contribution in [0.1, 0.15) is 40.4 Å². The van der Waals surface area contributed by atoms with Crippen LogP contribution in [-0.2, 0) is 18.6 Å². The van der Waals surface area contributed by atoms with Gasteiger partial charge in [-0.3, -0.25) is 4.79 Å². The number of nitrogens with one attached hydrogen (secondary N) is 1. The molecule has 0 atom stereocenters. The first kappa shape index (κ1) is 17.5. The molecule has 0 aliphatic carbocycles. The fourth-order valence-electron chi connectivity index (χ4n) is 3.01. The number of hydrogen-bond donors (Lipinski definition) is 1. The fraction of sp³-hybridized carbons (Fsp3) is 0.350. The Morgan fingerprint density at radius 2 is 1.88 bits per heavy atom. The van der Waals surface area contributed by atoms with Gasteiger partial charge in [-0.1, -0.05) is 48.9 Å². The van der Waals surface area contributed by atoms with Crippen LogP contribution in [0.15, 0.2) is 41.3 Å². The fourth-order valence-corrected chi connectivity index (χ4v) is 4.47. The first-order chi connectivity index (χ1) is 11.7. The molecule has 0 radical (unpaired) electrons. The lowest BCUT2D eigenvalue weighted by Gasteiger charge is -2.14. The van der Waals surface area contributed by atoms with Crippen LogP contribution in [0.25, 0.3) is 0 Å². The summed E-state index contributed by atoms with van der Waals surface area (Å²) in [6, 6.07) is 12.1. The van der Waals surface area contributed by atoms with Crippen molar-refractivity contribution in [1.29, 1.82) is 0 Å². The lowest BCUT2D eigenvalue weighted by molar-refractivity contribution is 0.0988. The predicted molar refractivity (Wildman–Crippen MR) is 102 cm³/mol. The van der Waals surface area contributed by atoms with Gasteiger partial charge in [-0.25, -0.2) is 0 Å². The van der Waals surface area contributed by atoms with Crippen molar-refractivity contribution in [3.63, 3.8) is 0 Å². The number of halogens is 1. The van der Waals surface area contributed by atoms with Crippen LogP contribution >= 0.6 is 23.4 Å². The molecule has 0 saturated carbocycles. The molecule has 0 bridgehead atoms. The van der Waals surface area contributed by atoms with Crippen LogP contribution in [0.3, 0.4) is 0 Å². The smallest absolute Gasteiger partial charge is 0.162 e. The van der Waals surface area contributed by atoms with E-state index >= 15 is 0 Å². The Morgan fingerprint density at radius 3 is 2.62 bits per heavy atom. The maximum Gasteiger partial charge on any atom is 0.162 e. The molecule has 0 aromatic heterocycles. The minimum absolute atomic E-state index is 0.193. The van der Waals surface area contributed by atoms with Gasteiger partial charge in [0.1, 0.15) is 0 Å². The van der Waals surface area contributed by atoms with Gasteiger partial charge in [-0.05, 0) is 48.7 Å². The molecule has 0 saturated heterocycles. The van der Waals surface area contributed by atoms with Gasteiger partial charge in [0.05, 0.1) is 5.02 Å². The van der Waals surface area contributed by atoms with E-state index in [2.05, 4.69) is 11.4 Å². The van der Waals surface area contributed by atoms with Gasteiger partial charge in [-0.15, -0.1) is 11.8 Å². The standard InChI is InChI=1S/C20H22ClNOS/c1-2-19(23)16-5-3-14(4-6-16)13-24-20-17-10-12-22-11-9-15(17)7-8-18(20)21/h3-8,22H,2,9-13H2,1H3. The van der Waals surface area contributed by atoms with Crippen LogP contribution in [0.2, 0.25) is 5.02 Å². The highest BCUT2D eigenvalue weighted by Crippen LogP contribution is 2.36. The summed E-state index contributed by atoms with van der Waals surface area (Å²) in [5, 5.41) is 4.30. The lowest BCUT2D eigenvalue weighted by atomic mass is 10.0. The predicted octanol–water partition coefficient (Wildman–Crippen LogP) is 4.91. The van der Waals surface area contributed by atoms with Crippen LogP contribution in [0.4, 0.5) is 0 Å². The Bertz CT molecular complexity index is 727. The van der Waals surface area contributed by atoms with Crippen molar-refractivity contribution >= 4 is 29.1 Å². The summed E-state index contributed by atoms with van der Waals surface area (Å²) in [4.78, 5) is 12.9. The summed E-state index contributed by atoms with van der Waals surface area (Å²) in [6.07, 6.45) is 2.64. The van der Waals surface area contributed by atoms with Crippen molar-refractivity contribution < 1.29 is 4.79 Å². The zero-order valence-electron chi connectivity index (χ0n) is 13.9. The molecule has 1 aliphatic rings. The van der Waals surface area contributed by atoms with Crippen LogP contribution in [-0.4, -0.2) is 18.9 Å². The molecule has 1 aliphatic heterocycles. The molecular weight excluding hydrogens is 338 g/mol. The highest BCUT2D eigenvalue weighted by Gasteiger charge is 2.15. The molecule has 0 amide bonds. The second-order valence-electron chi connectivity index (χ2n) is 6.03. The van der Waals surface area contributed by atoms with E-state index in [4.69, 9.17) is 11.6 Å². The van der Waals surface area contributed by atoms with Crippen molar-refractivity contribution in [1.82, 2.24) is 5.32 Å². The number of thioether (sulfide) groups is 1. The molecule has 1 N–H and O–H groups in total. The first-order valence-electron chi connectivity index (χ1n) is 8.45. The van der Waals surface area contributed by atoms with Crippen molar-refractivity contribution in [3.05, 3.63) is 63.7 Å². The van der Waals surface area contributed by atoms with Gasteiger partial charge in [0, 0.05) is 22.6 Å². The molecule has 24 heavy (non-hydrogen) atoms. The van der Waals surface area contributed by atoms with Gasteiger partial charge in [0.25, 0.3) is 0 Å². The van der Waals surface area contributed by atoms with Crippen LogP contribution in [0.5, 0.6) is 0 Å². The third kappa shape index (κ3) is 4.02. The highest BCUT2D eigenvalue weighted by molar-refractivity contribution is 7.98. The van der Waals surface area contributed by atoms with Gasteiger partial charge >= 0.3 is 0 Å². The Labute approximate surface area is 153 Å². The van der Waals surface area contributed by atoms with Crippen molar-refractivity contribution in [3.8, 4) is 0 Å². The van der Waals surface area contributed by atoms with E-state index in [9.17, 15) is 4.79 Å². The van der Waals surface area contributed by atoms with E-state index in [1.54, 1.807) is 11.8 Å². The molecule has 0 unspecified atom stereocenters. The van der Waals surface area contributed by atoms with E-state index < -0.39 is 0 Å². The monoisotopic (exact) mass is 359 g/mol. The van der Waals surface area contributed by atoms with Gasteiger partial charge in [0.2, 0.25) is 0 Å². The van der Waals surface area contributed by atoms with Gasteiger partial charge < -0.3 is 5.32 Å². The number of hydrogen-bond acceptors (Lipinski definition) is 3. The normalized spacial score (nSPS) is 14.1. The maximum absolute atomic E-state index is 11.7. The third-order valence-electron chi connectivity index (χ3n) is 4.41. The number of fused-ring (bicyclic) bond motifs is 1. The summed E-state index contributed by atoms with van der Waals surface area (Å²) in [7, 11) is 0. The average Bonchev–Trinajstić information content (AvgIpc) is 2.86. The zero-order valence-corrected chi connectivity index (χ0v) is 15.5. The molecule has 126 valence electrons. The van der Waals surface area contributed by atoms with Crippen LogP contribution in [0, 0.1) is 0 Å². The SMILES string of the molecule is CCC(=O)c1ccc(CSc2c(Cl)ccc3c2CCNCC3)cc1. The lowest BCUT2D eigenvalue weighted by Crippen LogP contribution is -2.16. The second-order valence-corrected chi connectivity index (χ2v) is 7.42. The molecule has 2 nitrogen and oxygen atoms in total. The molecule has 0 spiro atoms. The Morgan fingerprint density at radius 1 is 1.12 bits per heavy atom. The first-order valence-corrected chi connectivity index (χ1v) is 9.81. The average molecular weight is 360 g/mol. The number of benzene rings is 2. The van der Waals surface area contributed by atoms with E-state index in [0.717, 1.165) is 42.3 Å². The number of carbonyl (C=O) groups is 1. The Hall–Kier alpha value is -1.29. The molecule has 1 heterocycles. The molecule has 2 aromatic carbocycles. The quantitative estimate of drug-likeness (QED) is 0.607. The zero-order chi connectivity index (χ0) is 16.9. The molecule has 4 heteroatoms. The van der Waals surface area contributed by atoms with Crippen LogP contribution < -0.4 is 5.32 Å². The maximum atomic E-state index is 11.7. The third-order valence-corrected chi connectivity index (χ3v) is 6.07. The molecule has 0 fully saturated rings. The Kier molecular flexibility index (Phi) is 5.99. The molecule has 2 aromatic rings. The number of Topliss-reactive ketones (excluding diaryl/α,β-unsaturated/α-hetero) is 1. The topological polar surface area (TPSA) is 29.1 Å². The number of carbonyl (C=O) groups excluding carboxylic acids is 1. The van der Waals surface area contributed by atoms with Crippen molar-refractivity contribution in [2.75, 3.05) is 13.1 Å². The van der Waals surface area contributed by atoms with E-state index in [1.165, 1.54) is 21.6 Å². The van der Waals surface area contributed by atoms with E-state index in [0.29, 0.717) is 6.42 Å². The van der Waals surface area contributed by atoms with E-state index in [-0.39, 0.29) is 5.78 Å². The number of ketones is 1. The highest BCUT2D eigenvalue weighted by atomic mass is 35.5.